The molecule has 100 valence electrons. The summed E-state index contributed by atoms with van der Waals surface area (Å²) >= 11 is 0. The first kappa shape index (κ1) is 14.7. The van der Waals surface area contributed by atoms with E-state index in [9.17, 15) is 4.79 Å². The predicted molar refractivity (Wildman–Crippen MR) is 72.1 cm³/mol. The molecule has 0 spiro atoms. The number of hydrogen-bond acceptors (Lipinski definition) is 3. The Labute approximate surface area is 109 Å². The van der Waals surface area contributed by atoms with E-state index in [0.29, 0.717) is 19.6 Å². The maximum absolute atomic E-state index is 11.7. The summed E-state index contributed by atoms with van der Waals surface area (Å²) in [5.41, 5.74) is 1.14. The second kappa shape index (κ2) is 7.84. The van der Waals surface area contributed by atoms with Gasteiger partial charge in [-0.05, 0) is 19.4 Å². The van der Waals surface area contributed by atoms with Crippen molar-refractivity contribution in [2.45, 2.75) is 26.4 Å². The van der Waals surface area contributed by atoms with E-state index in [1.54, 1.807) is 0 Å². The van der Waals surface area contributed by atoms with Crippen LogP contribution in [0.1, 0.15) is 19.4 Å². The molecule has 0 aliphatic heterocycles. The second-order valence-electron chi connectivity index (χ2n) is 4.64. The number of carbonyl (C=O) groups excluding carboxylic acids is 1. The Morgan fingerprint density at radius 3 is 2.56 bits per heavy atom. The number of nitrogens with one attached hydrogen (secondary N) is 1. The van der Waals surface area contributed by atoms with Gasteiger partial charge in [-0.25, -0.2) is 0 Å². The number of amides is 1. The number of aliphatic hydroxyl groups excluding tert-OH is 1. The minimum atomic E-state index is -0.00520. The monoisotopic (exact) mass is 250 g/mol. The van der Waals surface area contributed by atoms with E-state index >= 15 is 0 Å². The van der Waals surface area contributed by atoms with Crippen molar-refractivity contribution in [2.75, 3.05) is 19.7 Å². The van der Waals surface area contributed by atoms with Gasteiger partial charge in [0.05, 0.1) is 13.2 Å². The van der Waals surface area contributed by atoms with Gasteiger partial charge in [0.1, 0.15) is 0 Å². The van der Waals surface area contributed by atoms with Gasteiger partial charge in [-0.1, -0.05) is 30.3 Å². The molecule has 4 nitrogen and oxygen atoms in total. The van der Waals surface area contributed by atoms with Crippen molar-refractivity contribution < 1.29 is 9.90 Å². The molecule has 0 bridgehead atoms. The molecule has 4 heteroatoms. The summed E-state index contributed by atoms with van der Waals surface area (Å²) < 4.78 is 0. The van der Waals surface area contributed by atoms with Crippen LogP contribution in [0.15, 0.2) is 30.3 Å². The Kier molecular flexibility index (Phi) is 6.39. The molecule has 1 aromatic carbocycles. The van der Waals surface area contributed by atoms with E-state index < -0.39 is 0 Å². The van der Waals surface area contributed by atoms with E-state index in [0.717, 1.165) is 5.56 Å². The highest BCUT2D eigenvalue weighted by molar-refractivity contribution is 5.78. The fraction of sp³-hybridized carbons (Fsp3) is 0.500. The van der Waals surface area contributed by atoms with Crippen LogP contribution in [0.5, 0.6) is 0 Å². The lowest BCUT2D eigenvalue weighted by Gasteiger charge is -2.21. The molecule has 0 saturated carbocycles. The predicted octanol–water partition coefficient (Wildman–Crippen LogP) is 1.01. The standard InChI is InChI=1S/C14H22N2O2/c1-12(2)15-14(18)11-16(8-9-17)10-13-6-4-3-5-7-13/h3-7,12,17H,8-11H2,1-2H3,(H,15,18). The molecule has 0 aliphatic carbocycles. The maximum atomic E-state index is 11.7. The second-order valence-corrected chi connectivity index (χ2v) is 4.64. The first-order valence-corrected chi connectivity index (χ1v) is 6.28. The van der Waals surface area contributed by atoms with Crippen LogP contribution >= 0.6 is 0 Å². The van der Waals surface area contributed by atoms with Crippen LogP contribution in [0.25, 0.3) is 0 Å². The molecular weight excluding hydrogens is 228 g/mol. The average molecular weight is 250 g/mol. The van der Waals surface area contributed by atoms with Crippen LogP contribution < -0.4 is 5.32 Å². The first-order valence-electron chi connectivity index (χ1n) is 6.28. The third kappa shape index (κ3) is 5.80. The zero-order chi connectivity index (χ0) is 13.4. The van der Waals surface area contributed by atoms with Crippen molar-refractivity contribution in [2.24, 2.45) is 0 Å². The molecule has 0 aliphatic rings. The van der Waals surface area contributed by atoms with Gasteiger partial charge < -0.3 is 10.4 Å². The summed E-state index contributed by atoms with van der Waals surface area (Å²) in [5.74, 6) is -0.00520. The lowest BCUT2D eigenvalue weighted by molar-refractivity contribution is -0.122. The van der Waals surface area contributed by atoms with Crippen molar-refractivity contribution in [3.8, 4) is 0 Å². The number of rotatable bonds is 7. The van der Waals surface area contributed by atoms with Gasteiger partial charge in [0.2, 0.25) is 5.91 Å². The van der Waals surface area contributed by atoms with Crippen molar-refractivity contribution in [1.29, 1.82) is 0 Å². The fourth-order valence-corrected chi connectivity index (χ4v) is 1.77. The Hall–Kier alpha value is -1.39. The molecular formula is C14H22N2O2. The lowest BCUT2D eigenvalue weighted by atomic mass is 10.2. The average Bonchev–Trinajstić information content (AvgIpc) is 2.29. The zero-order valence-corrected chi connectivity index (χ0v) is 11.1. The smallest absolute Gasteiger partial charge is 0.234 e. The molecule has 1 rings (SSSR count). The quantitative estimate of drug-likeness (QED) is 0.759. The minimum Gasteiger partial charge on any atom is -0.395 e. The summed E-state index contributed by atoms with van der Waals surface area (Å²) in [6, 6.07) is 10.1. The summed E-state index contributed by atoms with van der Waals surface area (Å²) in [6.07, 6.45) is 0. The highest BCUT2D eigenvalue weighted by Crippen LogP contribution is 2.03. The van der Waals surface area contributed by atoms with Gasteiger partial charge in [0, 0.05) is 19.1 Å². The summed E-state index contributed by atoms with van der Waals surface area (Å²) in [5, 5.41) is 11.9. The van der Waals surface area contributed by atoms with Gasteiger partial charge in [-0.15, -0.1) is 0 Å². The van der Waals surface area contributed by atoms with E-state index in [1.807, 2.05) is 49.1 Å². The highest BCUT2D eigenvalue weighted by Gasteiger charge is 2.11. The normalized spacial score (nSPS) is 10.9. The molecule has 0 fully saturated rings. The Morgan fingerprint density at radius 1 is 1.33 bits per heavy atom. The summed E-state index contributed by atoms with van der Waals surface area (Å²) in [7, 11) is 0. The van der Waals surface area contributed by atoms with E-state index in [4.69, 9.17) is 5.11 Å². The van der Waals surface area contributed by atoms with Crippen LogP contribution in [-0.2, 0) is 11.3 Å². The van der Waals surface area contributed by atoms with E-state index in [1.165, 1.54) is 0 Å². The largest absolute Gasteiger partial charge is 0.395 e. The minimum absolute atomic E-state index is 0.00520. The molecule has 1 amide bonds. The van der Waals surface area contributed by atoms with Crippen LogP contribution in [0.4, 0.5) is 0 Å². The van der Waals surface area contributed by atoms with Crippen molar-refractivity contribution in [3.63, 3.8) is 0 Å². The highest BCUT2D eigenvalue weighted by atomic mass is 16.3. The van der Waals surface area contributed by atoms with Crippen molar-refractivity contribution in [3.05, 3.63) is 35.9 Å². The third-order valence-corrected chi connectivity index (χ3v) is 2.48. The van der Waals surface area contributed by atoms with Gasteiger partial charge in [-0.2, -0.15) is 0 Å². The molecule has 18 heavy (non-hydrogen) atoms. The Bertz CT molecular complexity index is 352. The number of aliphatic hydroxyl groups is 1. The third-order valence-electron chi connectivity index (χ3n) is 2.48. The van der Waals surface area contributed by atoms with Crippen LogP contribution in [-0.4, -0.2) is 41.7 Å². The maximum Gasteiger partial charge on any atom is 0.234 e. The molecule has 0 heterocycles. The number of nitrogens with zero attached hydrogens (tertiary/aromatic N) is 1. The molecule has 0 atom stereocenters. The van der Waals surface area contributed by atoms with Gasteiger partial charge >= 0.3 is 0 Å². The lowest BCUT2D eigenvalue weighted by Crippen LogP contribution is -2.40. The van der Waals surface area contributed by atoms with Gasteiger partial charge in [-0.3, -0.25) is 9.69 Å². The molecule has 0 saturated heterocycles. The molecule has 0 aromatic heterocycles. The number of benzene rings is 1. The molecule has 0 radical (unpaired) electrons. The Balaban J connectivity index is 2.52. The first-order chi connectivity index (χ1) is 8.61. The number of carbonyl (C=O) groups is 1. The van der Waals surface area contributed by atoms with Crippen LogP contribution in [0.3, 0.4) is 0 Å². The Morgan fingerprint density at radius 2 is 2.00 bits per heavy atom. The number of hydrogen-bond donors (Lipinski definition) is 2. The van der Waals surface area contributed by atoms with Crippen LogP contribution in [0.2, 0.25) is 0 Å². The van der Waals surface area contributed by atoms with E-state index in [-0.39, 0.29) is 18.6 Å². The zero-order valence-electron chi connectivity index (χ0n) is 11.1. The van der Waals surface area contributed by atoms with Crippen LogP contribution in [0, 0.1) is 0 Å². The summed E-state index contributed by atoms with van der Waals surface area (Å²) in [6.45, 7) is 5.42. The molecule has 0 unspecified atom stereocenters. The van der Waals surface area contributed by atoms with E-state index in [2.05, 4.69) is 5.32 Å². The fourth-order valence-electron chi connectivity index (χ4n) is 1.77. The molecule has 1 aromatic rings. The topological polar surface area (TPSA) is 52.6 Å². The van der Waals surface area contributed by atoms with Crippen molar-refractivity contribution >= 4 is 5.91 Å². The summed E-state index contributed by atoms with van der Waals surface area (Å²) in [4.78, 5) is 13.6. The molecule has 2 N–H and O–H groups in total. The van der Waals surface area contributed by atoms with Gasteiger partial charge in [0.15, 0.2) is 0 Å². The SMILES string of the molecule is CC(C)NC(=O)CN(CCO)Cc1ccccc1. The van der Waals surface area contributed by atoms with Gasteiger partial charge in [0.25, 0.3) is 0 Å². The van der Waals surface area contributed by atoms with Crippen molar-refractivity contribution in [1.82, 2.24) is 10.2 Å².